The van der Waals surface area contributed by atoms with Gasteiger partial charge in [-0.3, -0.25) is 14.1 Å². The van der Waals surface area contributed by atoms with Crippen LogP contribution in [0.1, 0.15) is 29.8 Å². The molecule has 0 saturated carbocycles. The molecule has 1 aromatic heterocycles. The van der Waals surface area contributed by atoms with E-state index in [-0.39, 0.29) is 17.8 Å². The number of hydrogen-bond donors (Lipinski definition) is 2. The van der Waals surface area contributed by atoms with Gasteiger partial charge in [-0.1, -0.05) is 11.6 Å². The average molecular weight is 420 g/mol. The van der Waals surface area contributed by atoms with Gasteiger partial charge in [-0.2, -0.15) is 5.26 Å². The first-order valence-corrected chi connectivity index (χ1v) is 9.35. The lowest BCUT2D eigenvalue weighted by molar-refractivity contribution is -0.121. The molecule has 0 spiro atoms. The van der Waals surface area contributed by atoms with Gasteiger partial charge in [0.25, 0.3) is 0 Å². The van der Waals surface area contributed by atoms with Crippen molar-refractivity contribution in [3.05, 3.63) is 52.1 Å². The van der Waals surface area contributed by atoms with Gasteiger partial charge in [0.15, 0.2) is 0 Å². The van der Waals surface area contributed by atoms with Crippen LogP contribution in [0.15, 0.2) is 29.3 Å². The molecule has 1 aromatic carbocycles. The molecule has 1 unspecified atom stereocenters. The van der Waals surface area contributed by atoms with Gasteiger partial charge in [-0.05, 0) is 49.6 Å². The summed E-state index contributed by atoms with van der Waals surface area (Å²) in [5.41, 5.74) is 1.58. The van der Waals surface area contributed by atoms with Gasteiger partial charge in [-0.15, -0.1) is 0 Å². The van der Waals surface area contributed by atoms with Crippen LogP contribution in [0.2, 0.25) is 5.02 Å². The van der Waals surface area contributed by atoms with Crippen molar-refractivity contribution in [1.82, 2.24) is 14.6 Å². The lowest BCUT2D eigenvalue weighted by Gasteiger charge is -2.29. The molecule has 2 N–H and O–H groups in total. The second-order valence-electron chi connectivity index (χ2n) is 6.15. The summed E-state index contributed by atoms with van der Waals surface area (Å²) in [6.45, 7) is 3.15. The largest absolute Gasteiger partial charge is 0.346 e. The van der Waals surface area contributed by atoms with Crippen LogP contribution in [0.25, 0.3) is 0 Å². The summed E-state index contributed by atoms with van der Waals surface area (Å²) in [6, 6.07) is 5.13. The van der Waals surface area contributed by atoms with Crippen LogP contribution in [0.4, 0.5) is 14.9 Å². The maximum atomic E-state index is 14.0. The zero-order valence-electron chi connectivity index (χ0n) is 14.9. The number of urea groups is 1. The fourth-order valence-electron chi connectivity index (χ4n) is 2.69. The number of aromatic nitrogens is 1. The van der Waals surface area contributed by atoms with Gasteiger partial charge in [-0.25, -0.2) is 9.18 Å². The number of carbonyl (C=O) groups is 2. The Morgan fingerprint density at radius 1 is 1.50 bits per heavy atom. The molecule has 0 fully saturated rings. The molecular formula is C18H15ClFN5O2S. The summed E-state index contributed by atoms with van der Waals surface area (Å²) in [6.07, 6.45) is 1.23. The molecule has 0 radical (unpaired) electrons. The number of nitrogens with zero attached hydrogens (tertiary/aromatic N) is 3. The van der Waals surface area contributed by atoms with Gasteiger partial charge in [0.05, 0.1) is 27.9 Å². The molecule has 2 aromatic rings. The molecular weight excluding hydrogens is 405 g/mol. The molecule has 2 heterocycles. The first-order chi connectivity index (χ1) is 13.3. The molecule has 1 aliphatic heterocycles. The summed E-state index contributed by atoms with van der Waals surface area (Å²) in [5.74, 6) is -1.17. The number of pyridine rings is 1. The molecule has 0 aliphatic carbocycles. The lowest BCUT2D eigenvalue weighted by Crippen LogP contribution is -2.41. The number of benzene rings is 1. The number of anilines is 1. The van der Waals surface area contributed by atoms with E-state index in [4.69, 9.17) is 16.9 Å². The van der Waals surface area contributed by atoms with Gasteiger partial charge >= 0.3 is 6.03 Å². The predicted molar refractivity (Wildman–Crippen MR) is 103 cm³/mol. The number of amides is 3. The summed E-state index contributed by atoms with van der Waals surface area (Å²) < 4.78 is 15.3. The van der Waals surface area contributed by atoms with Crippen LogP contribution < -0.4 is 10.6 Å². The molecule has 3 amide bonds. The Morgan fingerprint density at radius 2 is 2.25 bits per heavy atom. The van der Waals surface area contributed by atoms with E-state index in [9.17, 15) is 14.0 Å². The smallest absolute Gasteiger partial charge is 0.332 e. The third kappa shape index (κ3) is 4.18. The number of aryl methyl sites for hydroxylation is 1. The number of nitrogens with one attached hydrogen (secondary N) is 2. The Morgan fingerprint density at radius 3 is 2.93 bits per heavy atom. The van der Waals surface area contributed by atoms with Gasteiger partial charge in [0.1, 0.15) is 18.4 Å². The highest BCUT2D eigenvalue weighted by molar-refractivity contribution is 7.97. The standard InChI is InChI=1S/C18H15ClFN5O2S/c1-9-3-12(19)5-14-16(9)24-18(27)25(28-14)8-15(26)23-10(2)17-13(20)4-11(6-21)7-22-17/h3-5,7,10H,8H2,1-2H3,(H,23,26)(H,24,27). The van der Waals surface area contributed by atoms with Gasteiger partial charge < -0.3 is 10.6 Å². The second kappa shape index (κ2) is 8.04. The van der Waals surface area contributed by atoms with Gasteiger partial charge in [0.2, 0.25) is 5.91 Å². The number of hydrogen-bond acceptors (Lipinski definition) is 5. The summed E-state index contributed by atoms with van der Waals surface area (Å²) in [5, 5.41) is 14.6. The number of nitriles is 1. The molecule has 1 aliphatic rings. The number of fused-ring (bicyclic) bond motifs is 1. The van der Waals surface area contributed by atoms with E-state index in [0.29, 0.717) is 10.7 Å². The molecule has 3 rings (SSSR count). The first-order valence-electron chi connectivity index (χ1n) is 8.20. The third-order valence-electron chi connectivity index (χ3n) is 4.00. The van der Waals surface area contributed by atoms with Crippen LogP contribution in [-0.2, 0) is 4.79 Å². The molecule has 144 valence electrons. The van der Waals surface area contributed by atoms with E-state index in [2.05, 4.69) is 15.6 Å². The van der Waals surface area contributed by atoms with Crippen molar-refractivity contribution in [1.29, 1.82) is 5.26 Å². The SMILES string of the molecule is Cc1cc(Cl)cc2c1NC(=O)N(CC(=O)NC(C)c1ncc(C#N)cc1F)S2. The molecule has 7 nitrogen and oxygen atoms in total. The molecule has 0 bridgehead atoms. The zero-order chi connectivity index (χ0) is 20.4. The van der Waals surface area contributed by atoms with Crippen molar-refractivity contribution in [2.24, 2.45) is 0 Å². The molecule has 10 heteroatoms. The molecule has 0 saturated heterocycles. The number of halogens is 2. The first kappa shape index (κ1) is 19.9. The Hall–Kier alpha value is -2.83. The van der Waals surface area contributed by atoms with Crippen molar-refractivity contribution in [2.75, 3.05) is 11.9 Å². The highest BCUT2D eigenvalue weighted by Gasteiger charge is 2.28. The van der Waals surface area contributed by atoms with Crippen molar-refractivity contribution < 1.29 is 14.0 Å². The maximum Gasteiger partial charge on any atom is 0.332 e. The maximum absolute atomic E-state index is 14.0. The van der Waals surface area contributed by atoms with E-state index >= 15 is 0 Å². The number of carbonyl (C=O) groups excluding carboxylic acids is 2. The van der Waals surface area contributed by atoms with E-state index in [1.165, 1.54) is 10.5 Å². The average Bonchev–Trinajstić information content (AvgIpc) is 2.62. The van der Waals surface area contributed by atoms with Crippen molar-refractivity contribution in [3.63, 3.8) is 0 Å². The molecule has 28 heavy (non-hydrogen) atoms. The second-order valence-corrected chi connectivity index (χ2v) is 7.65. The zero-order valence-corrected chi connectivity index (χ0v) is 16.5. The van der Waals surface area contributed by atoms with Crippen molar-refractivity contribution in [3.8, 4) is 6.07 Å². The minimum Gasteiger partial charge on any atom is -0.346 e. The van der Waals surface area contributed by atoms with Crippen molar-refractivity contribution in [2.45, 2.75) is 24.8 Å². The quantitative estimate of drug-likeness (QED) is 0.735. The highest BCUT2D eigenvalue weighted by atomic mass is 35.5. The summed E-state index contributed by atoms with van der Waals surface area (Å²) >= 11 is 7.16. The van der Waals surface area contributed by atoms with E-state index < -0.39 is 23.8 Å². The fraction of sp³-hybridized carbons (Fsp3) is 0.222. The van der Waals surface area contributed by atoms with E-state index in [1.807, 2.05) is 6.92 Å². The Labute approximate surface area is 170 Å². The van der Waals surface area contributed by atoms with E-state index in [1.54, 1.807) is 25.1 Å². The predicted octanol–water partition coefficient (Wildman–Crippen LogP) is 3.79. The topological polar surface area (TPSA) is 98.1 Å². The van der Waals surface area contributed by atoms with Gasteiger partial charge in [0, 0.05) is 11.2 Å². The highest BCUT2D eigenvalue weighted by Crippen LogP contribution is 2.39. The summed E-state index contributed by atoms with van der Waals surface area (Å²) in [4.78, 5) is 29.2. The van der Waals surface area contributed by atoms with Crippen LogP contribution >= 0.6 is 23.5 Å². The normalized spacial score (nSPS) is 14.0. The fourth-order valence-corrected chi connectivity index (χ4v) is 4.06. The van der Waals surface area contributed by atoms with Crippen LogP contribution in [-0.4, -0.2) is 27.8 Å². The summed E-state index contributed by atoms with van der Waals surface area (Å²) in [7, 11) is 0. The third-order valence-corrected chi connectivity index (χ3v) is 5.26. The minimum absolute atomic E-state index is 0.0100. The lowest BCUT2D eigenvalue weighted by atomic mass is 10.1. The van der Waals surface area contributed by atoms with E-state index in [0.717, 1.165) is 28.5 Å². The minimum atomic E-state index is -0.734. The van der Waals surface area contributed by atoms with Crippen LogP contribution in [0.5, 0.6) is 0 Å². The molecule has 1 atom stereocenters. The Balaban J connectivity index is 1.68. The van der Waals surface area contributed by atoms with Crippen LogP contribution in [0.3, 0.4) is 0 Å². The number of rotatable bonds is 4. The Bertz CT molecular complexity index is 1010. The van der Waals surface area contributed by atoms with Crippen molar-refractivity contribution >= 4 is 41.2 Å². The Kier molecular flexibility index (Phi) is 5.72. The van der Waals surface area contributed by atoms with Crippen LogP contribution in [0, 0.1) is 24.1 Å². The monoisotopic (exact) mass is 419 g/mol.